The first-order valence-electron chi connectivity index (χ1n) is 12.1. The molecule has 1 aliphatic heterocycles. The van der Waals surface area contributed by atoms with Crippen LogP contribution in [-0.4, -0.2) is 54.1 Å². The van der Waals surface area contributed by atoms with Gasteiger partial charge in [-0.25, -0.2) is 4.79 Å². The summed E-state index contributed by atoms with van der Waals surface area (Å²) >= 11 is 0. The van der Waals surface area contributed by atoms with Crippen LogP contribution in [0.15, 0.2) is 85.2 Å². The maximum atomic E-state index is 12.7. The molecule has 35 heavy (non-hydrogen) atoms. The van der Waals surface area contributed by atoms with Crippen LogP contribution in [0.4, 0.5) is 4.79 Å². The highest BCUT2D eigenvalue weighted by Gasteiger charge is 2.23. The molecule has 7 heteroatoms. The number of rotatable bonds is 9. The van der Waals surface area contributed by atoms with Crippen molar-refractivity contribution in [3.63, 3.8) is 0 Å². The number of benzene rings is 2. The van der Waals surface area contributed by atoms with E-state index in [1.54, 1.807) is 18.3 Å². The van der Waals surface area contributed by atoms with Crippen LogP contribution >= 0.6 is 0 Å². The van der Waals surface area contributed by atoms with E-state index >= 15 is 0 Å². The molecule has 2 N–H and O–H groups in total. The van der Waals surface area contributed by atoms with Gasteiger partial charge in [0.25, 0.3) is 0 Å². The molecule has 0 saturated carbocycles. The Morgan fingerprint density at radius 3 is 2.37 bits per heavy atom. The molecule has 0 radical (unpaired) electrons. The van der Waals surface area contributed by atoms with Gasteiger partial charge < -0.3 is 15.4 Å². The van der Waals surface area contributed by atoms with Crippen LogP contribution in [0.2, 0.25) is 0 Å². The summed E-state index contributed by atoms with van der Waals surface area (Å²) in [5.41, 5.74) is 2.35. The van der Waals surface area contributed by atoms with E-state index < -0.39 is 6.09 Å². The van der Waals surface area contributed by atoms with Gasteiger partial charge in [0, 0.05) is 44.0 Å². The molecule has 0 spiro atoms. The second-order valence-corrected chi connectivity index (χ2v) is 8.87. The Labute approximate surface area is 206 Å². The molecule has 2 heterocycles. The van der Waals surface area contributed by atoms with E-state index in [9.17, 15) is 9.59 Å². The van der Waals surface area contributed by atoms with Crippen molar-refractivity contribution in [2.75, 3.05) is 26.2 Å². The second kappa shape index (κ2) is 12.7. The Bertz CT molecular complexity index is 1060. The topological polar surface area (TPSA) is 83.6 Å². The van der Waals surface area contributed by atoms with E-state index in [-0.39, 0.29) is 17.9 Å². The summed E-state index contributed by atoms with van der Waals surface area (Å²) in [6.07, 6.45) is 5.59. The smallest absolute Gasteiger partial charge is 0.410 e. The normalized spacial score (nSPS) is 15.2. The molecule has 0 bridgehead atoms. The zero-order valence-corrected chi connectivity index (χ0v) is 19.8. The third-order valence-electron chi connectivity index (χ3n) is 6.25. The SMILES string of the molecule is O=C(CN1CCC(NC(=O)Oc2ccccc2)CC1)NCC(Cc1cccnc1)c1ccccc1. The quantitative estimate of drug-likeness (QED) is 0.495. The molecule has 3 aromatic rings. The van der Waals surface area contributed by atoms with Crippen molar-refractivity contribution in [3.8, 4) is 5.75 Å². The van der Waals surface area contributed by atoms with Crippen molar-refractivity contribution >= 4 is 12.0 Å². The van der Waals surface area contributed by atoms with E-state index in [2.05, 4.69) is 38.7 Å². The van der Waals surface area contributed by atoms with Gasteiger partial charge in [0.05, 0.1) is 6.54 Å². The second-order valence-electron chi connectivity index (χ2n) is 8.87. The van der Waals surface area contributed by atoms with Crippen molar-refractivity contribution in [3.05, 3.63) is 96.3 Å². The molecule has 1 aliphatic rings. The van der Waals surface area contributed by atoms with Gasteiger partial charge in [-0.1, -0.05) is 54.6 Å². The summed E-state index contributed by atoms with van der Waals surface area (Å²) in [6.45, 7) is 2.43. The predicted octanol–water partition coefficient (Wildman–Crippen LogP) is 3.78. The maximum Gasteiger partial charge on any atom is 0.412 e. The molecule has 1 atom stereocenters. The van der Waals surface area contributed by atoms with Crippen LogP contribution in [0.3, 0.4) is 0 Å². The number of carbonyl (C=O) groups excluding carboxylic acids is 2. The highest BCUT2D eigenvalue weighted by atomic mass is 16.6. The molecule has 4 rings (SSSR count). The Morgan fingerprint density at radius 1 is 0.971 bits per heavy atom. The van der Waals surface area contributed by atoms with Gasteiger partial charge in [-0.15, -0.1) is 0 Å². The van der Waals surface area contributed by atoms with Gasteiger partial charge in [-0.05, 0) is 48.6 Å². The number of carbonyl (C=O) groups is 2. The molecule has 1 saturated heterocycles. The summed E-state index contributed by atoms with van der Waals surface area (Å²) in [4.78, 5) is 31.2. The van der Waals surface area contributed by atoms with E-state index in [0.29, 0.717) is 18.8 Å². The Balaban J connectivity index is 1.20. The molecular formula is C28H32N4O3. The number of hydrogen-bond donors (Lipinski definition) is 2. The van der Waals surface area contributed by atoms with E-state index in [4.69, 9.17) is 4.74 Å². The summed E-state index contributed by atoms with van der Waals surface area (Å²) in [5.74, 6) is 0.721. The van der Waals surface area contributed by atoms with Gasteiger partial charge in [-0.2, -0.15) is 0 Å². The largest absolute Gasteiger partial charge is 0.412 e. The Kier molecular flexibility index (Phi) is 8.84. The fourth-order valence-corrected chi connectivity index (χ4v) is 4.36. The average Bonchev–Trinajstić information content (AvgIpc) is 2.89. The zero-order valence-electron chi connectivity index (χ0n) is 19.8. The number of hydrogen-bond acceptors (Lipinski definition) is 5. The number of aromatic nitrogens is 1. The highest BCUT2D eigenvalue weighted by molar-refractivity contribution is 5.78. The molecule has 0 aliphatic carbocycles. The number of nitrogens with one attached hydrogen (secondary N) is 2. The summed E-state index contributed by atoms with van der Waals surface area (Å²) in [7, 11) is 0. The summed E-state index contributed by atoms with van der Waals surface area (Å²) in [5, 5.41) is 6.06. The summed E-state index contributed by atoms with van der Waals surface area (Å²) < 4.78 is 5.31. The van der Waals surface area contributed by atoms with E-state index in [1.807, 2.05) is 48.7 Å². The lowest BCUT2D eigenvalue weighted by molar-refractivity contribution is -0.122. The number of piperidine rings is 1. The fraction of sp³-hybridized carbons (Fsp3) is 0.321. The van der Waals surface area contributed by atoms with Crippen LogP contribution in [0.5, 0.6) is 5.75 Å². The van der Waals surface area contributed by atoms with Crippen molar-refractivity contribution < 1.29 is 14.3 Å². The Morgan fingerprint density at radius 2 is 1.69 bits per heavy atom. The van der Waals surface area contributed by atoms with E-state index in [0.717, 1.165) is 37.9 Å². The van der Waals surface area contributed by atoms with Crippen LogP contribution in [0, 0.1) is 0 Å². The number of pyridine rings is 1. The number of ether oxygens (including phenoxy) is 1. The van der Waals surface area contributed by atoms with Crippen LogP contribution < -0.4 is 15.4 Å². The van der Waals surface area contributed by atoms with Crippen molar-refractivity contribution in [2.45, 2.75) is 31.2 Å². The standard InChI is InChI=1S/C28H32N4O3/c33-27(30-20-24(23-9-3-1-4-10-23)18-22-8-7-15-29-19-22)21-32-16-13-25(14-17-32)31-28(34)35-26-11-5-2-6-12-26/h1-12,15,19,24-25H,13-14,16-18,20-21H2,(H,30,33)(H,31,34). The lowest BCUT2D eigenvalue weighted by atomic mass is 9.92. The molecule has 182 valence electrons. The van der Waals surface area contributed by atoms with Crippen LogP contribution in [0.1, 0.15) is 29.9 Å². The highest BCUT2D eigenvalue weighted by Crippen LogP contribution is 2.20. The number of nitrogens with zero attached hydrogens (tertiary/aromatic N) is 2. The first-order chi connectivity index (χ1) is 17.2. The lowest BCUT2D eigenvalue weighted by Gasteiger charge is -2.31. The van der Waals surface area contributed by atoms with Crippen LogP contribution in [0.25, 0.3) is 0 Å². The third kappa shape index (κ3) is 7.93. The van der Waals surface area contributed by atoms with Gasteiger partial charge >= 0.3 is 6.09 Å². The minimum atomic E-state index is -0.437. The zero-order chi connectivity index (χ0) is 24.3. The fourth-order valence-electron chi connectivity index (χ4n) is 4.36. The molecule has 1 fully saturated rings. The first-order valence-corrected chi connectivity index (χ1v) is 12.1. The number of para-hydroxylation sites is 1. The predicted molar refractivity (Wildman–Crippen MR) is 135 cm³/mol. The lowest BCUT2D eigenvalue weighted by Crippen LogP contribution is -2.48. The first kappa shape index (κ1) is 24.4. The Hall–Kier alpha value is -3.71. The van der Waals surface area contributed by atoms with Crippen molar-refractivity contribution in [2.24, 2.45) is 0 Å². The van der Waals surface area contributed by atoms with Gasteiger partial charge in [0.2, 0.25) is 5.91 Å². The minimum Gasteiger partial charge on any atom is -0.410 e. The number of likely N-dealkylation sites (tertiary alicyclic amines) is 1. The molecule has 2 amide bonds. The minimum absolute atomic E-state index is 0.0204. The van der Waals surface area contributed by atoms with Crippen molar-refractivity contribution in [1.82, 2.24) is 20.5 Å². The van der Waals surface area contributed by atoms with Gasteiger partial charge in [0.1, 0.15) is 5.75 Å². The van der Waals surface area contributed by atoms with E-state index in [1.165, 1.54) is 5.56 Å². The monoisotopic (exact) mass is 472 g/mol. The third-order valence-corrected chi connectivity index (χ3v) is 6.25. The van der Waals surface area contributed by atoms with Crippen LogP contribution in [-0.2, 0) is 11.2 Å². The maximum absolute atomic E-state index is 12.7. The summed E-state index contributed by atoms with van der Waals surface area (Å²) in [6, 6.07) is 23.4. The molecule has 1 aromatic heterocycles. The number of amides is 2. The molecule has 1 unspecified atom stereocenters. The average molecular weight is 473 g/mol. The molecular weight excluding hydrogens is 440 g/mol. The van der Waals surface area contributed by atoms with Gasteiger partial charge in [-0.3, -0.25) is 14.7 Å². The van der Waals surface area contributed by atoms with Crippen molar-refractivity contribution in [1.29, 1.82) is 0 Å². The molecule has 2 aromatic carbocycles. The molecule has 7 nitrogen and oxygen atoms in total. The van der Waals surface area contributed by atoms with Gasteiger partial charge in [0.15, 0.2) is 0 Å².